The summed E-state index contributed by atoms with van der Waals surface area (Å²) in [6, 6.07) is 6.32. The first-order valence-electron chi connectivity index (χ1n) is 9.88. The van der Waals surface area contributed by atoms with E-state index in [1.165, 1.54) is 12.1 Å². The van der Waals surface area contributed by atoms with Gasteiger partial charge in [-0.2, -0.15) is 0 Å². The first kappa shape index (κ1) is 19.1. The number of carbonyl (C=O) groups excluding carboxylic acids is 1. The van der Waals surface area contributed by atoms with E-state index in [0.717, 1.165) is 50.5 Å². The van der Waals surface area contributed by atoms with Crippen LogP contribution in [0.25, 0.3) is 11.5 Å². The molecule has 0 bridgehead atoms. The van der Waals surface area contributed by atoms with Gasteiger partial charge in [0.2, 0.25) is 11.8 Å². The molecule has 2 aromatic rings. The number of oxazole rings is 1. The molecule has 1 amide bonds. The third-order valence-corrected chi connectivity index (χ3v) is 6.15. The maximum absolute atomic E-state index is 13.5. The Morgan fingerprint density at radius 1 is 1.32 bits per heavy atom. The maximum Gasteiger partial charge on any atom is 0.226 e. The van der Waals surface area contributed by atoms with Gasteiger partial charge in [-0.1, -0.05) is 6.07 Å². The van der Waals surface area contributed by atoms with E-state index in [-0.39, 0.29) is 17.3 Å². The molecule has 1 N–H and O–H groups in total. The number of rotatable bonds is 3. The summed E-state index contributed by atoms with van der Waals surface area (Å²) in [4.78, 5) is 21.3. The molecule has 0 unspecified atom stereocenters. The van der Waals surface area contributed by atoms with Crippen LogP contribution in [0.5, 0.6) is 0 Å². The van der Waals surface area contributed by atoms with Gasteiger partial charge in [-0.3, -0.25) is 14.6 Å². The molecule has 0 aliphatic carbocycles. The van der Waals surface area contributed by atoms with Crippen molar-refractivity contribution in [2.75, 3.05) is 33.2 Å². The average Bonchev–Trinajstić information content (AvgIpc) is 2.92. The van der Waals surface area contributed by atoms with Gasteiger partial charge in [0.1, 0.15) is 11.6 Å². The lowest BCUT2D eigenvalue weighted by molar-refractivity contribution is -0.121. The number of likely N-dealkylation sites (N-methyl/N-ethyl adjacent to an activating group) is 1. The third kappa shape index (κ3) is 3.82. The number of nitrogens with zero attached hydrogens (tertiary/aromatic N) is 3. The van der Waals surface area contributed by atoms with Crippen molar-refractivity contribution in [1.82, 2.24) is 20.1 Å². The van der Waals surface area contributed by atoms with E-state index in [9.17, 15) is 9.18 Å². The molecule has 0 saturated carbocycles. The topological polar surface area (TPSA) is 61.6 Å². The van der Waals surface area contributed by atoms with Crippen LogP contribution in [0, 0.1) is 12.7 Å². The minimum absolute atomic E-state index is 0.0143. The standard InChI is InChI=1S/C21H27FN4O2/c1-15-18(24-20(28-15)16-4-3-5-17(22)12-16)13-26-11-10-25(2)21(14-26)7-6-19(27)23-9-8-21/h3-5,12H,6-11,13-14H2,1-2H3,(H,23,27)/t21-/m1/s1. The van der Waals surface area contributed by atoms with E-state index in [2.05, 4.69) is 27.1 Å². The van der Waals surface area contributed by atoms with Crippen LogP contribution < -0.4 is 5.32 Å². The van der Waals surface area contributed by atoms with Crippen LogP contribution >= 0.6 is 0 Å². The normalized spacial score (nSPS) is 24.3. The summed E-state index contributed by atoms with van der Waals surface area (Å²) >= 11 is 0. The van der Waals surface area contributed by atoms with Crippen LogP contribution in [0.2, 0.25) is 0 Å². The van der Waals surface area contributed by atoms with Crippen LogP contribution in [0.15, 0.2) is 28.7 Å². The van der Waals surface area contributed by atoms with E-state index in [1.54, 1.807) is 12.1 Å². The summed E-state index contributed by atoms with van der Waals surface area (Å²) in [6.45, 7) is 6.14. The Hall–Kier alpha value is -2.25. The van der Waals surface area contributed by atoms with Crippen molar-refractivity contribution >= 4 is 5.91 Å². The van der Waals surface area contributed by atoms with Crippen molar-refractivity contribution < 1.29 is 13.6 Å². The number of amides is 1. The van der Waals surface area contributed by atoms with Crippen LogP contribution in [-0.2, 0) is 11.3 Å². The van der Waals surface area contributed by atoms with Gasteiger partial charge in [-0.15, -0.1) is 0 Å². The average molecular weight is 386 g/mol. The number of hydrogen-bond donors (Lipinski definition) is 1. The van der Waals surface area contributed by atoms with E-state index in [1.807, 2.05) is 6.92 Å². The molecule has 1 spiro atoms. The number of aromatic nitrogens is 1. The molecule has 2 aliphatic heterocycles. The highest BCUT2D eigenvalue weighted by Crippen LogP contribution is 2.31. The third-order valence-electron chi connectivity index (χ3n) is 6.15. The van der Waals surface area contributed by atoms with E-state index in [4.69, 9.17) is 4.42 Å². The minimum Gasteiger partial charge on any atom is -0.441 e. The van der Waals surface area contributed by atoms with Gasteiger partial charge >= 0.3 is 0 Å². The second-order valence-corrected chi connectivity index (χ2v) is 7.99. The highest BCUT2D eigenvalue weighted by Gasteiger charge is 2.41. The number of carbonyl (C=O) groups is 1. The molecule has 28 heavy (non-hydrogen) atoms. The highest BCUT2D eigenvalue weighted by molar-refractivity contribution is 5.76. The van der Waals surface area contributed by atoms with E-state index >= 15 is 0 Å². The van der Waals surface area contributed by atoms with Gasteiger partial charge in [-0.25, -0.2) is 9.37 Å². The summed E-state index contributed by atoms with van der Waals surface area (Å²) in [5, 5.41) is 2.99. The Bertz CT molecular complexity index is 868. The molecule has 3 heterocycles. The van der Waals surface area contributed by atoms with Gasteiger partial charge in [0.25, 0.3) is 0 Å². The molecule has 6 nitrogen and oxygen atoms in total. The molecule has 1 atom stereocenters. The zero-order chi connectivity index (χ0) is 19.7. The Morgan fingerprint density at radius 3 is 3.00 bits per heavy atom. The van der Waals surface area contributed by atoms with E-state index < -0.39 is 0 Å². The number of halogens is 1. The van der Waals surface area contributed by atoms with Crippen molar-refractivity contribution in [3.8, 4) is 11.5 Å². The van der Waals surface area contributed by atoms with Gasteiger partial charge in [0.05, 0.1) is 5.69 Å². The lowest BCUT2D eigenvalue weighted by Gasteiger charge is -2.49. The Kier molecular flexibility index (Phi) is 5.21. The SMILES string of the molecule is Cc1oc(-c2cccc(F)c2)nc1CN1CCN(C)[C@]2(CCNC(=O)CC2)C1. The lowest BCUT2D eigenvalue weighted by atomic mass is 9.86. The molecular weight excluding hydrogens is 359 g/mol. The number of aryl methyl sites for hydroxylation is 1. The first-order chi connectivity index (χ1) is 13.4. The van der Waals surface area contributed by atoms with Crippen molar-refractivity contribution in [2.45, 2.75) is 38.3 Å². The number of piperazine rings is 1. The summed E-state index contributed by atoms with van der Waals surface area (Å²) < 4.78 is 19.3. The van der Waals surface area contributed by atoms with Crippen molar-refractivity contribution in [1.29, 1.82) is 0 Å². The molecular formula is C21H27FN4O2. The predicted molar refractivity (Wildman–Crippen MR) is 104 cm³/mol. The van der Waals surface area contributed by atoms with Crippen molar-refractivity contribution in [2.24, 2.45) is 0 Å². The predicted octanol–water partition coefficient (Wildman–Crippen LogP) is 2.58. The number of nitrogens with one attached hydrogen (secondary N) is 1. The fourth-order valence-electron chi connectivity index (χ4n) is 4.35. The van der Waals surface area contributed by atoms with Crippen LogP contribution in [0.3, 0.4) is 0 Å². The smallest absolute Gasteiger partial charge is 0.226 e. The van der Waals surface area contributed by atoms with Crippen molar-refractivity contribution in [3.63, 3.8) is 0 Å². The van der Waals surface area contributed by atoms with Crippen LogP contribution in [0.4, 0.5) is 4.39 Å². The van der Waals surface area contributed by atoms with Crippen LogP contribution in [0.1, 0.15) is 30.7 Å². The van der Waals surface area contributed by atoms with Crippen molar-refractivity contribution in [3.05, 3.63) is 41.5 Å². The largest absolute Gasteiger partial charge is 0.441 e. The van der Waals surface area contributed by atoms with Gasteiger partial charge in [0.15, 0.2) is 0 Å². The molecule has 4 rings (SSSR count). The molecule has 1 aromatic carbocycles. The zero-order valence-corrected chi connectivity index (χ0v) is 16.5. The first-order valence-corrected chi connectivity index (χ1v) is 9.88. The Labute approximate surface area is 164 Å². The molecule has 2 saturated heterocycles. The molecule has 1 aromatic heterocycles. The molecule has 7 heteroatoms. The molecule has 2 aliphatic rings. The molecule has 0 radical (unpaired) electrons. The number of hydrogen-bond acceptors (Lipinski definition) is 5. The zero-order valence-electron chi connectivity index (χ0n) is 16.5. The second kappa shape index (κ2) is 7.64. The minimum atomic E-state index is -0.299. The quantitative estimate of drug-likeness (QED) is 0.879. The lowest BCUT2D eigenvalue weighted by Crippen LogP contribution is -2.60. The summed E-state index contributed by atoms with van der Waals surface area (Å²) in [6.07, 6.45) is 2.40. The van der Waals surface area contributed by atoms with E-state index in [0.29, 0.717) is 24.4 Å². The van der Waals surface area contributed by atoms with Gasteiger partial charge < -0.3 is 9.73 Å². The monoisotopic (exact) mass is 386 g/mol. The fraction of sp³-hybridized carbons (Fsp3) is 0.524. The van der Waals surface area contributed by atoms with Crippen LogP contribution in [-0.4, -0.2) is 59.5 Å². The Morgan fingerprint density at radius 2 is 2.18 bits per heavy atom. The second-order valence-electron chi connectivity index (χ2n) is 7.99. The van der Waals surface area contributed by atoms with Gasteiger partial charge in [0, 0.05) is 50.2 Å². The summed E-state index contributed by atoms with van der Waals surface area (Å²) in [5.41, 5.74) is 1.56. The highest BCUT2D eigenvalue weighted by atomic mass is 19.1. The summed E-state index contributed by atoms with van der Waals surface area (Å²) in [5.74, 6) is 1.08. The molecule has 150 valence electrons. The molecule has 2 fully saturated rings. The Balaban J connectivity index is 1.50. The fourth-order valence-corrected chi connectivity index (χ4v) is 4.35. The number of benzene rings is 1. The van der Waals surface area contributed by atoms with Gasteiger partial charge in [-0.05, 0) is 45.0 Å². The maximum atomic E-state index is 13.5. The summed E-state index contributed by atoms with van der Waals surface area (Å²) in [7, 11) is 2.16.